The second-order valence-corrected chi connectivity index (χ2v) is 4.45. The van der Waals surface area contributed by atoms with Crippen LogP contribution in [0.4, 0.5) is 0 Å². The van der Waals surface area contributed by atoms with Crippen LogP contribution in [0.25, 0.3) is 0 Å². The molecule has 0 saturated heterocycles. The smallest absolute Gasteiger partial charge is 0.402 e. The van der Waals surface area contributed by atoms with E-state index < -0.39 is 7.60 Å². The Morgan fingerprint density at radius 3 is 2.12 bits per heavy atom. The zero-order valence-corrected chi connectivity index (χ0v) is 11.1. The lowest BCUT2D eigenvalue weighted by atomic mass is 10.3. The third-order valence-electron chi connectivity index (χ3n) is 1.46. The van der Waals surface area contributed by atoms with Crippen molar-refractivity contribution in [2.75, 3.05) is 6.61 Å². The molecule has 0 aromatic heterocycles. The lowest BCUT2D eigenvalue weighted by Gasteiger charge is -2.12. The molecule has 0 aliphatic carbocycles. The van der Waals surface area contributed by atoms with Gasteiger partial charge in [-0.3, -0.25) is 4.52 Å². The van der Waals surface area contributed by atoms with Crippen molar-refractivity contribution in [2.24, 2.45) is 0 Å². The first kappa shape index (κ1) is 24.5. The number of hydrogen-bond donors (Lipinski definition) is 3. The minimum atomic E-state index is -3.09. The average Bonchev–Trinajstić information content (AvgIpc) is 2.13. The quantitative estimate of drug-likeness (QED) is 0.337. The largest absolute Gasteiger partial charge is 0.430 e. The Morgan fingerprint density at radius 2 is 1.75 bits per heavy atom. The van der Waals surface area contributed by atoms with Crippen molar-refractivity contribution in [3.8, 4) is 0 Å². The minimum absolute atomic E-state index is 0. The van der Waals surface area contributed by atoms with E-state index in [2.05, 4.69) is 20.1 Å². The maximum Gasteiger partial charge on any atom is 0.402 e. The molecule has 100 valence electrons. The minimum Gasteiger partial charge on any atom is -0.430 e. The van der Waals surface area contributed by atoms with E-state index in [1.54, 1.807) is 0 Å². The predicted octanol–water partition coefficient (Wildman–Crippen LogP) is 4.18. The third kappa shape index (κ3) is 11.4. The van der Waals surface area contributed by atoms with Gasteiger partial charge in [0.1, 0.15) is 0 Å². The predicted molar refractivity (Wildman–Crippen MR) is 69.6 cm³/mol. The van der Waals surface area contributed by atoms with Gasteiger partial charge >= 0.3 is 7.60 Å². The van der Waals surface area contributed by atoms with Crippen molar-refractivity contribution in [3.05, 3.63) is 25.2 Å². The van der Waals surface area contributed by atoms with Gasteiger partial charge in [0.15, 0.2) is 0 Å². The molecule has 0 bridgehead atoms. The van der Waals surface area contributed by atoms with Gasteiger partial charge in [-0.25, -0.2) is 4.57 Å². The molecule has 0 aliphatic rings. The molecule has 0 amide bonds. The van der Waals surface area contributed by atoms with Crippen LogP contribution in [0, 0.1) is 0 Å². The van der Waals surface area contributed by atoms with E-state index in [0.29, 0.717) is 6.61 Å². The zero-order chi connectivity index (χ0) is 10.2. The van der Waals surface area contributed by atoms with Crippen molar-refractivity contribution >= 4 is 7.60 Å². The topological polar surface area (TPSA) is 141 Å². The molecule has 9 N–H and O–H groups in total. The number of hydrogen-bond acceptors (Lipinski definition) is 6. The summed E-state index contributed by atoms with van der Waals surface area (Å²) >= 11 is 0. The van der Waals surface area contributed by atoms with Gasteiger partial charge in [-0.05, 0) is 6.42 Å². The fourth-order valence-corrected chi connectivity index (χ4v) is 1.62. The molecule has 0 fully saturated rings. The molecule has 6 nitrogen and oxygen atoms in total. The molecule has 0 saturated carbocycles. The summed E-state index contributed by atoms with van der Waals surface area (Å²) < 4.78 is 21.3. The first-order valence-corrected chi connectivity index (χ1v) is 5.97. The number of unbranched alkanes of at least 4 members (excludes halogenated alkanes) is 2. The first-order valence-electron chi connectivity index (χ1n) is 4.35. The molecule has 0 aromatic rings. The van der Waals surface area contributed by atoms with Crippen molar-refractivity contribution in [1.29, 1.82) is 0 Å². The van der Waals surface area contributed by atoms with Crippen molar-refractivity contribution in [1.82, 2.24) is 18.5 Å². The second-order valence-electron chi connectivity index (χ2n) is 2.53. The number of rotatable bonds is 8. The Kier molecular flexibility index (Phi) is 22.0. The average molecular weight is 255 g/mol. The van der Waals surface area contributed by atoms with Crippen LogP contribution in [0.5, 0.6) is 0 Å². The Hall–Kier alpha value is -0.650. The fraction of sp³-hybridized carbons (Fsp3) is 0.556. The third-order valence-corrected chi connectivity index (χ3v) is 2.90. The Labute approximate surface area is 98.4 Å². The second kappa shape index (κ2) is 14.3. The van der Waals surface area contributed by atoms with Gasteiger partial charge in [-0.15, -0.1) is 0 Å². The molecule has 7 heteroatoms. The van der Waals surface area contributed by atoms with E-state index in [4.69, 9.17) is 9.05 Å². The SMILES string of the molecule is C=COP(=O)(C=C)OCCCCC.N.N.N. The summed E-state index contributed by atoms with van der Waals surface area (Å²) in [6.07, 6.45) is 4.16. The summed E-state index contributed by atoms with van der Waals surface area (Å²) in [6, 6.07) is 0. The van der Waals surface area contributed by atoms with Crippen LogP contribution in [-0.4, -0.2) is 6.61 Å². The monoisotopic (exact) mass is 255 g/mol. The fourth-order valence-electron chi connectivity index (χ4n) is 0.774. The van der Waals surface area contributed by atoms with Gasteiger partial charge in [0.25, 0.3) is 0 Å². The maximum absolute atomic E-state index is 11.5. The molecule has 0 spiro atoms. The standard InChI is InChI=1S/C9H17O3P.3H3N/c1-4-7-8-9-12-13(10,6-3)11-5-2;;;/h5-6H,2-4,7-9H2,1H3;3*1H3. The molecule has 0 heterocycles. The highest BCUT2D eigenvalue weighted by Gasteiger charge is 2.18. The summed E-state index contributed by atoms with van der Waals surface area (Å²) in [5.41, 5.74) is 0. The van der Waals surface area contributed by atoms with E-state index in [9.17, 15) is 4.57 Å². The summed E-state index contributed by atoms with van der Waals surface area (Å²) in [5, 5.41) is 0. The highest BCUT2D eigenvalue weighted by molar-refractivity contribution is 7.57. The molecule has 0 rings (SSSR count). The molecule has 1 atom stereocenters. The maximum atomic E-state index is 11.5. The lowest BCUT2D eigenvalue weighted by Crippen LogP contribution is -1.92. The summed E-state index contributed by atoms with van der Waals surface area (Å²) in [6.45, 7) is 9.23. The van der Waals surface area contributed by atoms with Crippen LogP contribution < -0.4 is 18.5 Å². The molecular formula is C9H26N3O3P. The van der Waals surface area contributed by atoms with Crippen LogP contribution in [0.15, 0.2) is 25.2 Å². The van der Waals surface area contributed by atoms with Gasteiger partial charge in [-0.1, -0.05) is 32.9 Å². The van der Waals surface area contributed by atoms with Crippen LogP contribution >= 0.6 is 7.60 Å². The van der Waals surface area contributed by atoms with E-state index >= 15 is 0 Å². The van der Waals surface area contributed by atoms with Crippen LogP contribution in [0.3, 0.4) is 0 Å². The summed E-state index contributed by atoms with van der Waals surface area (Å²) in [4.78, 5) is 0. The molecular weight excluding hydrogens is 229 g/mol. The Morgan fingerprint density at radius 1 is 1.19 bits per heavy atom. The Balaban J connectivity index is -0.000000240. The molecule has 0 radical (unpaired) electrons. The van der Waals surface area contributed by atoms with E-state index in [0.717, 1.165) is 25.5 Å². The highest BCUT2D eigenvalue weighted by atomic mass is 31.2. The van der Waals surface area contributed by atoms with Crippen LogP contribution in [0.1, 0.15) is 26.2 Å². The first-order chi connectivity index (χ1) is 6.18. The van der Waals surface area contributed by atoms with Gasteiger partial charge in [0, 0.05) is 5.82 Å². The Bertz CT molecular complexity index is 212. The molecule has 0 aromatic carbocycles. The summed E-state index contributed by atoms with van der Waals surface area (Å²) in [5.74, 6) is 1.20. The molecule has 0 aliphatic heterocycles. The van der Waals surface area contributed by atoms with Crippen molar-refractivity contribution in [3.63, 3.8) is 0 Å². The molecule has 16 heavy (non-hydrogen) atoms. The van der Waals surface area contributed by atoms with Crippen LogP contribution in [0.2, 0.25) is 0 Å². The van der Waals surface area contributed by atoms with Crippen LogP contribution in [-0.2, 0) is 13.6 Å². The lowest BCUT2D eigenvalue weighted by molar-refractivity contribution is 0.252. The van der Waals surface area contributed by atoms with Crippen molar-refractivity contribution in [2.45, 2.75) is 26.2 Å². The van der Waals surface area contributed by atoms with Crippen molar-refractivity contribution < 1.29 is 13.6 Å². The van der Waals surface area contributed by atoms with Gasteiger partial charge < -0.3 is 23.0 Å². The normalized spacial score (nSPS) is 11.8. The van der Waals surface area contributed by atoms with E-state index in [-0.39, 0.29) is 18.5 Å². The zero-order valence-electron chi connectivity index (χ0n) is 10.2. The van der Waals surface area contributed by atoms with Gasteiger partial charge in [0.2, 0.25) is 0 Å². The van der Waals surface area contributed by atoms with Gasteiger partial charge in [0.05, 0.1) is 12.9 Å². The van der Waals surface area contributed by atoms with E-state index in [1.807, 2.05) is 0 Å². The summed E-state index contributed by atoms with van der Waals surface area (Å²) in [7, 11) is -3.09. The molecule has 1 unspecified atom stereocenters. The highest BCUT2D eigenvalue weighted by Crippen LogP contribution is 2.49. The van der Waals surface area contributed by atoms with E-state index in [1.165, 1.54) is 5.82 Å². The van der Waals surface area contributed by atoms with Gasteiger partial charge in [-0.2, -0.15) is 0 Å².